The van der Waals surface area contributed by atoms with Gasteiger partial charge in [-0.15, -0.1) is 0 Å². The summed E-state index contributed by atoms with van der Waals surface area (Å²) in [6.45, 7) is 7.46. The molecule has 0 radical (unpaired) electrons. The zero-order valence-corrected chi connectivity index (χ0v) is 18.6. The molecule has 9 atom stereocenters. The zero-order chi connectivity index (χ0) is 20.1. The number of aliphatic hydroxyl groups excluding tert-OH is 1. The highest BCUT2D eigenvalue weighted by Gasteiger charge is 2.62. The summed E-state index contributed by atoms with van der Waals surface area (Å²) in [5.41, 5.74) is 0.813. The number of hydrogen-bond donors (Lipinski definition) is 1. The van der Waals surface area contributed by atoms with E-state index < -0.39 is 0 Å². The first-order valence-electron chi connectivity index (χ1n) is 12.1. The van der Waals surface area contributed by atoms with Crippen molar-refractivity contribution < 1.29 is 14.6 Å². The van der Waals surface area contributed by atoms with E-state index in [-0.39, 0.29) is 12.1 Å². The van der Waals surface area contributed by atoms with E-state index in [9.17, 15) is 9.90 Å². The molecule has 4 fully saturated rings. The molecule has 0 saturated heterocycles. The van der Waals surface area contributed by atoms with Crippen molar-refractivity contribution in [2.45, 2.75) is 97.5 Å². The lowest BCUT2D eigenvalue weighted by atomic mass is 9.44. The Hall–Kier alpha value is -0.570. The Morgan fingerprint density at radius 1 is 1.07 bits per heavy atom. The Labute approximate surface area is 172 Å². The molecule has 8 unspecified atom stereocenters. The van der Waals surface area contributed by atoms with Gasteiger partial charge in [-0.1, -0.05) is 33.6 Å². The predicted octanol–water partition coefficient (Wildman–Crippen LogP) is 5.60. The number of carbonyl (C=O) groups is 1. The molecular weight excluding hydrogens is 348 g/mol. The van der Waals surface area contributed by atoms with Gasteiger partial charge in [-0.05, 0) is 97.7 Å². The van der Waals surface area contributed by atoms with Crippen LogP contribution in [0.15, 0.2) is 0 Å². The van der Waals surface area contributed by atoms with E-state index in [0.29, 0.717) is 40.9 Å². The minimum atomic E-state index is -0.0880. The van der Waals surface area contributed by atoms with Gasteiger partial charge in [0.05, 0.1) is 13.2 Å². The summed E-state index contributed by atoms with van der Waals surface area (Å²) >= 11 is 0. The quantitative estimate of drug-likeness (QED) is 0.636. The molecule has 0 aromatic heterocycles. The van der Waals surface area contributed by atoms with E-state index in [1.54, 1.807) is 0 Å². The van der Waals surface area contributed by atoms with Crippen LogP contribution < -0.4 is 0 Å². The van der Waals surface area contributed by atoms with Crippen molar-refractivity contribution in [3.63, 3.8) is 0 Å². The Balaban J connectivity index is 1.53. The van der Waals surface area contributed by atoms with Crippen molar-refractivity contribution in [1.29, 1.82) is 0 Å². The van der Waals surface area contributed by atoms with Gasteiger partial charge in [0.15, 0.2) is 0 Å². The third-order valence-electron chi connectivity index (χ3n) is 10.4. The van der Waals surface area contributed by atoms with E-state index >= 15 is 0 Å². The lowest BCUT2D eigenvalue weighted by molar-refractivity contribution is -0.164. The molecule has 0 heterocycles. The predicted molar refractivity (Wildman–Crippen MR) is 112 cm³/mol. The Kier molecular flexibility index (Phi) is 5.61. The average Bonchev–Trinajstić information content (AvgIpc) is 3.03. The summed E-state index contributed by atoms with van der Waals surface area (Å²) in [5, 5.41) is 11.3. The van der Waals surface area contributed by atoms with Crippen molar-refractivity contribution in [3.05, 3.63) is 0 Å². The summed E-state index contributed by atoms with van der Waals surface area (Å²) in [6.07, 6.45) is 13.1. The van der Waals surface area contributed by atoms with E-state index in [4.69, 9.17) is 4.74 Å². The van der Waals surface area contributed by atoms with Crippen molar-refractivity contribution in [2.24, 2.45) is 46.3 Å². The number of methoxy groups -OCH3 is 1. The fraction of sp³-hybridized carbons (Fsp3) is 0.960. The molecule has 1 N–H and O–H groups in total. The van der Waals surface area contributed by atoms with Crippen LogP contribution in [0.5, 0.6) is 0 Å². The highest BCUT2D eigenvalue weighted by molar-refractivity contribution is 5.69. The number of fused-ring (bicyclic) bond motifs is 5. The van der Waals surface area contributed by atoms with E-state index in [2.05, 4.69) is 20.8 Å². The molecule has 4 saturated carbocycles. The van der Waals surface area contributed by atoms with E-state index in [1.165, 1.54) is 58.5 Å². The van der Waals surface area contributed by atoms with Crippen LogP contribution in [-0.2, 0) is 9.53 Å². The fourth-order valence-electron chi connectivity index (χ4n) is 8.88. The zero-order valence-electron chi connectivity index (χ0n) is 18.6. The van der Waals surface area contributed by atoms with Crippen molar-refractivity contribution in [3.8, 4) is 0 Å². The second-order valence-electron chi connectivity index (χ2n) is 11.4. The lowest BCUT2D eigenvalue weighted by Gasteiger charge is -2.62. The molecule has 0 bridgehead atoms. The fourth-order valence-corrected chi connectivity index (χ4v) is 8.88. The summed E-state index contributed by atoms with van der Waals surface area (Å²) in [6, 6.07) is 0. The van der Waals surface area contributed by atoms with Gasteiger partial charge >= 0.3 is 5.97 Å². The number of aliphatic hydroxyl groups is 1. The Morgan fingerprint density at radius 3 is 2.57 bits per heavy atom. The SMILES string of the molecule is COC(=O)CC[C@@H](C)C1CCC2C3C(O)CC4CCCCC4(C)C3CCC21C. The third kappa shape index (κ3) is 3.15. The van der Waals surface area contributed by atoms with Crippen molar-refractivity contribution in [1.82, 2.24) is 0 Å². The Bertz CT molecular complexity index is 588. The molecule has 4 aliphatic carbocycles. The third-order valence-corrected chi connectivity index (χ3v) is 10.4. The highest BCUT2D eigenvalue weighted by atomic mass is 16.5. The number of hydrogen-bond acceptors (Lipinski definition) is 3. The first-order chi connectivity index (χ1) is 13.3. The molecule has 0 aliphatic heterocycles. The van der Waals surface area contributed by atoms with Crippen LogP contribution in [0.3, 0.4) is 0 Å². The molecule has 3 nitrogen and oxygen atoms in total. The molecule has 0 aromatic rings. The second-order valence-corrected chi connectivity index (χ2v) is 11.4. The van der Waals surface area contributed by atoms with Crippen LogP contribution >= 0.6 is 0 Å². The summed E-state index contributed by atoms with van der Waals surface area (Å²) in [7, 11) is 1.49. The minimum Gasteiger partial charge on any atom is -0.469 e. The minimum absolute atomic E-state index is 0.0748. The van der Waals surface area contributed by atoms with E-state index in [0.717, 1.165) is 24.7 Å². The standard InChI is InChI=1S/C25H42O3/c1-16(8-11-22(27)28-4)18-9-10-19-23-20(12-14-25(18,19)3)24(2)13-6-5-7-17(24)15-21(23)26/h16-21,23,26H,5-15H2,1-4H3/t16-,17?,18?,19?,20?,21?,23?,24?,25?/m1/s1. The first kappa shape index (κ1) is 20.7. The molecule has 3 heteroatoms. The monoisotopic (exact) mass is 390 g/mol. The van der Waals surface area contributed by atoms with Crippen LogP contribution in [-0.4, -0.2) is 24.3 Å². The summed E-state index contributed by atoms with van der Waals surface area (Å²) < 4.78 is 4.87. The van der Waals surface area contributed by atoms with Gasteiger partial charge in [-0.25, -0.2) is 0 Å². The van der Waals surface area contributed by atoms with Gasteiger partial charge in [0, 0.05) is 6.42 Å². The molecule has 0 amide bonds. The van der Waals surface area contributed by atoms with Gasteiger partial charge in [0.2, 0.25) is 0 Å². The maximum absolute atomic E-state index is 11.6. The van der Waals surface area contributed by atoms with Gasteiger partial charge < -0.3 is 9.84 Å². The molecule has 0 aromatic carbocycles. The average molecular weight is 391 g/mol. The van der Waals surface area contributed by atoms with Crippen molar-refractivity contribution in [2.75, 3.05) is 7.11 Å². The second kappa shape index (κ2) is 7.60. The van der Waals surface area contributed by atoms with Gasteiger partial charge in [-0.3, -0.25) is 4.79 Å². The molecule has 0 spiro atoms. The number of rotatable bonds is 4. The highest BCUT2D eigenvalue weighted by Crippen LogP contribution is 2.68. The molecular formula is C25H42O3. The van der Waals surface area contributed by atoms with Gasteiger partial charge in [-0.2, -0.15) is 0 Å². The van der Waals surface area contributed by atoms with E-state index in [1.807, 2.05) is 0 Å². The van der Waals surface area contributed by atoms with Crippen molar-refractivity contribution >= 4 is 5.97 Å². The largest absolute Gasteiger partial charge is 0.469 e. The number of ether oxygens (including phenoxy) is 1. The van der Waals surface area contributed by atoms with Crippen LogP contribution in [0, 0.1) is 46.3 Å². The maximum atomic E-state index is 11.6. The maximum Gasteiger partial charge on any atom is 0.305 e. The molecule has 4 rings (SSSR count). The molecule has 28 heavy (non-hydrogen) atoms. The number of carbonyl (C=O) groups excluding carboxylic acids is 1. The Morgan fingerprint density at radius 2 is 1.82 bits per heavy atom. The topological polar surface area (TPSA) is 46.5 Å². The van der Waals surface area contributed by atoms with Gasteiger partial charge in [0.1, 0.15) is 0 Å². The summed E-state index contributed by atoms with van der Waals surface area (Å²) in [4.78, 5) is 11.6. The smallest absolute Gasteiger partial charge is 0.305 e. The normalized spacial score (nSPS) is 48.9. The van der Waals surface area contributed by atoms with Crippen LogP contribution in [0.2, 0.25) is 0 Å². The molecule has 4 aliphatic rings. The van der Waals surface area contributed by atoms with Crippen LogP contribution in [0.4, 0.5) is 0 Å². The van der Waals surface area contributed by atoms with Crippen LogP contribution in [0.1, 0.15) is 91.4 Å². The molecule has 160 valence electrons. The number of esters is 1. The van der Waals surface area contributed by atoms with Crippen LogP contribution in [0.25, 0.3) is 0 Å². The lowest BCUT2D eigenvalue weighted by Crippen LogP contribution is -2.57. The summed E-state index contributed by atoms with van der Waals surface area (Å²) in [5.74, 6) is 3.83. The van der Waals surface area contributed by atoms with Gasteiger partial charge in [0.25, 0.3) is 0 Å². The first-order valence-corrected chi connectivity index (χ1v) is 12.1.